The van der Waals surface area contributed by atoms with Gasteiger partial charge in [0.15, 0.2) is 5.82 Å². The molecule has 1 saturated heterocycles. The van der Waals surface area contributed by atoms with Gasteiger partial charge in [0.05, 0.1) is 18.1 Å². The van der Waals surface area contributed by atoms with Crippen LogP contribution in [0.25, 0.3) is 0 Å². The van der Waals surface area contributed by atoms with Crippen LogP contribution >= 0.6 is 11.9 Å². The molecule has 0 amide bonds. The molecule has 0 aliphatic carbocycles. The van der Waals surface area contributed by atoms with E-state index in [0.29, 0.717) is 17.8 Å². The number of anilines is 1. The Labute approximate surface area is 103 Å². The second kappa shape index (κ2) is 4.03. The summed E-state index contributed by atoms with van der Waals surface area (Å²) in [5.74, 6) is 1.65. The Balaban J connectivity index is 1.83. The van der Waals surface area contributed by atoms with E-state index >= 15 is 0 Å². The summed E-state index contributed by atoms with van der Waals surface area (Å²) in [7, 11) is 0. The lowest BCUT2D eigenvalue weighted by Crippen LogP contribution is -2.06. The Morgan fingerprint density at radius 3 is 3.06 bits per heavy atom. The van der Waals surface area contributed by atoms with Crippen molar-refractivity contribution < 1.29 is 4.39 Å². The molecule has 0 spiro atoms. The van der Waals surface area contributed by atoms with Crippen LogP contribution in [-0.4, -0.2) is 20.6 Å². The molecule has 0 bridgehead atoms. The first-order chi connectivity index (χ1) is 8.24. The quantitative estimate of drug-likeness (QED) is 0.617. The van der Waals surface area contributed by atoms with Crippen molar-refractivity contribution in [3.63, 3.8) is 0 Å². The molecule has 0 saturated carbocycles. The summed E-state index contributed by atoms with van der Waals surface area (Å²) < 4.78 is 17.5. The highest BCUT2D eigenvalue weighted by molar-refractivity contribution is 8.07. The van der Waals surface area contributed by atoms with E-state index in [2.05, 4.69) is 14.4 Å². The van der Waals surface area contributed by atoms with Crippen LogP contribution in [0.15, 0.2) is 24.5 Å². The summed E-state index contributed by atoms with van der Waals surface area (Å²) in [6.07, 6.45) is 3.47. The van der Waals surface area contributed by atoms with Gasteiger partial charge in [-0.3, -0.25) is 14.0 Å². The van der Waals surface area contributed by atoms with Crippen LogP contribution < -0.4 is 4.31 Å². The fourth-order valence-corrected chi connectivity index (χ4v) is 2.01. The summed E-state index contributed by atoms with van der Waals surface area (Å²) in [5, 5.41) is 4.35. The molecule has 2 aromatic heterocycles. The first kappa shape index (κ1) is 10.6. The van der Waals surface area contributed by atoms with E-state index in [1.807, 2.05) is 12.3 Å². The molecule has 3 heterocycles. The van der Waals surface area contributed by atoms with Crippen molar-refractivity contribution in [2.24, 2.45) is 0 Å². The highest BCUT2D eigenvalue weighted by atomic mass is 32.2. The van der Waals surface area contributed by atoms with E-state index in [-0.39, 0.29) is 5.82 Å². The van der Waals surface area contributed by atoms with Gasteiger partial charge in [-0.2, -0.15) is 5.10 Å². The van der Waals surface area contributed by atoms with Crippen molar-refractivity contribution >= 4 is 17.8 Å². The Morgan fingerprint density at radius 1 is 1.47 bits per heavy atom. The maximum Gasteiger partial charge on any atom is 0.161 e. The topological polar surface area (TPSA) is 33.7 Å². The molecule has 88 valence electrons. The highest BCUT2D eigenvalue weighted by Gasteiger charge is 2.22. The predicted octanol–water partition coefficient (Wildman–Crippen LogP) is 2.20. The molecule has 1 aliphatic rings. The van der Waals surface area contributed by atoms with Crippen LogP contribution in [0.3, 0.4) is 0 Å². The minimum absolute atomic E-state index is 0.245. The largest absolute Gasteiger partial charge is 0.286 e. The van der Waals surface area contributed by atoms with E-state index in [1.54, 1.807) is 35.8 Å². The third-order valence-electron chi connectivity index (χ3n) is 2.61. The Bertz CT molecular complexity index is 550. The highest BCUT2D eigenvalue weighted by Crippen LogP contribution is 2.33. The smallest absolute Gasteiger partial charge is 0.161 e. The zero-order chi connectivity index (χ0) is 11.8. The maximum atomic E-state index is 13.7. The van der Waals surface area contributed by atoms with Crippen LogP contribution in [0.1, 0.15) is 11.3 Å². The molecule has 1 fully saturated rings. The molecular formula is C11H11FN4S. The fourth-order valence-electron chi connectivity index (χ4n) is 1.59. The lowest BCUT2D eigenvalue weighted by atomic mass is 10.2. The molecule has 0 unspecified atom stereocenters. The van der Waals surface area contributed by atoms with Gasteiger partial charge in [-0.25, -0.2) is 4.39 Å². The first-order valence-corrected chi connectivity index (χ1v) is 6.22. The minimum atomic E-state index is -0.245. The number of rotatable bonds is 3. The zero-order valence-corrected chi connectivity index (χ0v) is 10.1. The van der Waals surface area contributed by atoms with Gasteiger partial charge < -0.3 is 0 Å². The van der Waals surface area contributed by atoms with Crippen molar-refractivity contribution in [2.75, 3.05) is 10.2 Å². The van der Waals surface area contributed by atoms with E-state index in [4.69, 9.17) is 0 Å². The molecular weight excluding hydrogens is 239 g/mol. The van der Waals surface area contributed by atoms with Gasteiger partial charge in [-0.05, 0) is 30.5 Å². The molecule has 6 heteroatoms. The van der Waals surface area contributed by atoms with Crippen molar-refractivity contribution in [2.45, 2.75) is 13.5 Å². The van der Waals surface area contributed by atoms with E-state index in [0.717, 1.165) is 11.7 Å². The number of hydrogen-bond acceptors (Lipinski definition) is 4. The number of aromatic nitrogens is 3. The average molecular weight is 250 g/mol. The van der Waals surface area contributed by atoms with Crippen LogP contribution in [0, 0.1) is 12.7 Å². The van der Waals surface area contributed by atoms with Crippen LogP contribution in [0.5, 0.6) is 0 Å². The second-order valence-corrected chi connectivity index (χ2v) is 4.85. The third kappa shape index (κ3) is 2.12. The number of hydrogen-bond donors (Lipinski definition) is 0. The fraction of sp³-hybridized carbons (Fsp3) is 0.273. The molecule has 0 N–H and O–H groups in total. The molecule has 2 aromatic rings. The summed E-state index contributed by atoms with van der Waals surface area (Å²) in [6, 6.07) is 3.59. The molecule has 0 radical (unpaired) electrons. The molecule has 4 nitrogen and oxygen atoms in total. The number of halogens is 1. The predicted molar refractivity (Wildman–Crippen MR) is 65.2 cm³/mol. The summed E-state index contributed by atoms with van der Waals surface area (Å²) in [6.45, 7) is 2.10. The van der Waals surface area contributed by atoms with Crippen molar-refractivity contribution in [1.82, 2.24) is 14.8 Å². The standard InChI is InChI=1S/C11H11FN4S/c1-8-2-4-13-9(11(8)12)6-15-5-3-10(14-15)16-7-17-16/h2-5H,6-7H2,1H3. The molecule has 17 heavy (non-hydrogen) atoms. The molecule has 0 aromatic carbocycles. The van der Waals surface area contributed by atoms with E-state index in [9.17, 15) is 4.39 Å². The van der Waals surface area contributed by atoms with Crippen LogP contribution in [0.4, 0.5) is 10.2 Å². The summed E-state index contributed by atoms with van der Waals surface area (Å²) in [4.78, 5) is 4.05. The monoisotopic (exact) mass is 250 g/mol. The molecule has 0 atom stereocenters. The Hall–Kier alpha value is -1.56. The Kier molecular flexibility index (Phi) is 2.51. The normalized spacial score (nSPS) is 14.1. The summed E-state index contributed by atoms with van der Waals surface area (Å²) >= 11 is 1.71. The van der Waals surface area contributed by atoms with Gasteiger partial charge in [0, 0.05) is 18.5 Å². The average Bonchev–Trinajstić information content (AvgIpc) is 3.06. The minimum Gasteiger partial charge on any atom is -0.286 e. The van der Waals surface area contributed by atoms with Gasteiger partial charge in [0.25, 0.3) is 0 Å². The van der Waals surface area contributed by atoms with Gasteiger partial charge >= 0.3 is 0 Å². The lowest BCUT2D eigenvalue weighted by molar-refractivity contribution is 0.564. The van der Waals surface area contributed by atoms with Crippen LogP contribution in [-0.2, 0) is 6.54 Å². The number of nitrogens with zero attached hydrogens (tertiary/aromatic N) is 4. The van der Waals surface area contributed by atoms with E-state index in [1.165, 1.54) is 0 Å². The molecule has 1 aliphatic heterocycles. The van der Waals surface area contributed by atoms with Gasteiger partial charge in [0.2, 0.25) is 0 Å². The van der Waals surface area contributed by atoms with Crippen molar-refractivity contribution in [1.29, 1.82) is 0 Å². The summed E-state index contributed by atoms with van der Waals surface area (Å²) in [5.41, 5.74) is 1.04. The number of pyridine rings is 1. The van der Waals surface area contributed by atoms with Gasteiger partial charge in [0.1, 0.15) is 5.82 Å². The van der Waals surface area contributed by atoms with E-state index < -0.39 is 0 Å². The van der Waals surface area contributed by atoms with Crippen molar-refractivity contribution in [3.05, 3.63) is 41.6 Å². The van der Waals surface area contributed by atoms with Crippen LogP contribution in [0.2, 0.25) is 0 Å². The SMILES string of the molecule is Cc1ccnc(Cn2ccc(N3CS3)n2)c1F. The Morgan fingerprint density at radius 2 is 2.29 bits per heavy atom. The van der Waals surface area contributed by atoms with Crippen molar-refractivity contribution in [3.8, 4) is 0 Å². The zero-order valence-electron chi connectivity index (χ0n) is 9.30. The number of aryl methyl sites for hydroxylation is 1. The maximum absolute atomic E-state index is 13.7. The van der Waals surface area contributed by atoms with Gasteiger partial charge in [-0.1, -0.05) is 0 Å². The third-order valence-corrected chi connectivity index (χ3v) is 3.31. The second-order valence-electron chi connectivity index (χ2n) is 3.90. The first-order valence-electron chi connectivity index (χ1n) is 5.28. The molecule has 3 rings (SSSR count). The lowest BCUT2D eigenvalue weighted by Gasteiger charge is -2.04. The van der Waals surface area contributed by atoms with Gasteiger partial charge in [-0.15, -0.1) is 0 Å².